The molecule has 5 aromatic carbocycles. The van der Waals surface area contributed by atoms with E-state index in [-0.39, 0.29) is 5.69 Å². The second-order valence-corrected chi connectivity index (χ2v) is 16.7. The molecule has 0 spiro atoms. The maximum absolute atomic E-state index is 10.5. The first-order valence-electron chi connectivity index (χ1n) is 21.3. The lowest BCUT2D eigenvalue weighted by Gasteiger charge is -2.03. The summed E-state index contributed by atoms with van der Waals surface area (Å²) in [6.45, 7) is 6.22. The Hall–Kier alpha value is -6.20. The zero-order chi connectivity index (χ0) is 48.6. The number of methoxy groups -OCH3 is 1. The molecule has 0 saturated heterocycles. The summed E-state index contributed by atoms with van der Waals surface area (Å²) in [7, 11) is 1.65. The molecule has 0 saturated carbocycles. The number of pyridine rings is 5. The van der Waals surface area contributed by atoms with Crippen molar-refractivity contribution in [3.8, 4) is 5.75 Å². The van der Waals surface area contributed by atoms with Gasteiger partial charge in [-0.25, -0.2) is 0 Å². The fourth-order valence-corrected chi connectivity index (χ4v) is 7.68. The van der Waals surface area contributed by atoms with Gasteiger partial charge in [0.25, 0.3) is 5.69 Å². The average Bonchev–Trinajstić information content (AvgIpc) is 3.38. The van der Waals surface area contributed by atoms with Crippen LogP contribution in [-0.4, -0.2) is 37.0 Å². The van der Waals surface area contributed by atoms with E-state index >= 15 is 0 Å². The van der Waals surface area contributed by atoms with Gasteiger partial charge in [-0.05, 0) is 105 Å². The van der Waals surface area contributed by atoms with Crippen molar-refractivity contribution in [2.24, 2.45) is 0 Å². The van der Waals surface area contributed by atoms with Crippen LogP contribution < -0.4 is 4.74 Å². The van der Waals surface area contributed by atoms with E-state index in [2.05, 4.69) is 88.2 Å². The Morgan fingerprint density at radius 2 is 0.956 bits per heavy atom. The van der Waals surface area contributed by atoms with Gasteiger partial charge in [-0.1, -0.05) is 72.3 Å². The van der Waals surface area contributed by atoms with E-state index in [0.29, 0.717) is 29.4 Å². The smallest absolute Gasteiger partial charge is 0.270 e. The topological polar surface area (TPSA) is 117 Å². The zero-order valence-corrected chi connectivity index (χ0v) is 41.5. The van der Waals surface area contributed by atoms with Crippen molar-refractivity contribution in [3.05, 3.63) is 207 Å². The number of nitrogens with zero attached hydrogens (tertiary/aromatic N) is 6. The Morgan fingerprint density at radius 3 is 1.53 bits per heavy atom. The summed E-state index contributed by atoms with van der Waals surface area (Å²) >= 11 is 28.5. The van der Waals surface area contributed by atoms with Crippen LogP contribution in [0, 0.1) is 30.9 Å². The SMILES string of the molecule is COc1ccc2nc(CCl)ccc2c1.Cc1cc(CCl)nc2ccccc12.Cc1ccc2nc(CCl)ccc2c1.Cc1cccc2ccc(CCl)nc12.O=[N+]([O-])c1ccc2nc(CCl)ccc2c1. The number of alkyl halides is 5. The first-order valence-corrected chi connectivity index (χ1v) is 24.0. The standard InChI is InChI=1S/C11H10ClNO.3C11H10ClN.C10H7ClN2O2/c1-14-10-4-5-11-8(6-10)2-3-9(7-12)13-11;1-8-2-5-11-9(6-8)3-4-10(7-12)13-11;1-8-3-2-4-9-5-6-10(7-12)13-11(8)9;1-8-6-9(7-12)13-11-5-3-2-4-10(8)11;11-6-8-2-1-7-5-9(13(14)15)3-4-10(7)12-8/h2-6H,7H2,1H3;3*2-6H,7H2,1H3;1-5H,6H2. The van der Waals surface area contributed by atoms with Crippen LogP contribution in [0.4, 0.5) is 5.69 Å². The predicted molar refractivity (Wildman–Crippen MR) is 284 cm³/mol. The number of benzene rings is 5. The summed E-state index contributed by atoms with van der Waals surface area (Å²) in [5.74, 6) is 3.06. The summed E-state index contributed by atoms with van der Waals surface area (Å²) in [4.78, 5) is 32.0. The number of halogens is 5. The fraction of sp³-hybridized carbons (Fsp3) is 0.167. The fourth-order valence-electron chi connectivity index (χ4n) is 6.95. The highest BCUT2D eigenvalue weighted by molar-refractivity contribution is 6.18. The maximum Gasteiger partial charge on any atom is 0.270 e. The Labute approximate surface area is 420 Å². The summed E-state index contributed by atoms with van der Waals surface area (Å²) in [6, 6.07) is 48.4. The molecule has 0 N–H and O–H groups in total. The molecule has 68 heavy (non-hydrogen) atoms. The Bertz CT molecular complexity index is 3270. The van der Waals surface area contributed by atoms with Gasteiger partial charge in [0.2, 0.25) is 0 Å². The van der Waals surface area contributed by atoms with E-state index in [1.165, 1.54) is 45.0 Å². The third-order valence-corrected chi connectivity index (χ3v) is 11.8. The lowest BCUT2D eigenvalue weighted by atomic mass is 10.1. The van der Waals surface area contributed by atoms with E-state index in [1.54, 1.807) is 25.3 Å². The molecule has 10 aromatic rings. The molecule has 9 nitrogen and oxygen atoms in total. The second-order valence-electron chi connectivity index (χ2n) is 15.4. The van der Waals surface area contributed by atoms with Crippen LogP contribution in [0.2, 0.25) is 0 Å². The molecule has 0 amide bonds. The molecule has 0 aliphatic carbocycles. The molecule has 10 rings (SSSR count). The molecular weight excluding hydrogens is 958 g/mol. The minimum Gasteiger partial charge on any atom is -0.497 e. The summed E-state index contributed by atoms with van der Waals surface area (Å²) in [5.41, 5.74) is 13.0. The van der Waals surface area contributed by atoms with E-state index in [4.69, 9.17) is 62.7 Å². The van der Waals surface area contributed by atoms with Crippen LogP contribution in [0.15, 0.2) is 152 Å². The molecule has 14 heteroatoms. The van der Waals surface area contributed by atoms with Crippen LogP contribution in [0.25, 0.3) is 54.5 Å². The Balaban J connectivity index is 0.000000140. The van der Waals surface area contributed by atoms with Crippen LogP contribution in [-0.2, 0) is 29.4 Å². The van der Waals surface area contributed by atoms with Gasteiger partial charge >= 0.3 is 0 Å². The summed E-state index contributed by atoms with van der Waals surface area (Å²) in [6.07, 6.45) is 0. The van der Waals surface area contributed by atoms with Gasteiger partial charge in [-0.2, -0.15) is 0 Å². The predicted octanol–water partition coefficient (Wildman–Crippen LogP) is 15.7. The average molecular weight is 1010 g/mol. The van der Waals surface area contributed by atoms with Crippen molar-refractivity contribution in [2.75, 3.05) is 7.11 Å². The third-order valence-electron chi connectivity index (χ3n) is 10.4. The van der Waals surface area contributed by atoms with E-state index in [9.17, 15) is 10.1 Å². The molecule has 5 aromatic heterocycles. The number of aryl methyl sites for hydroxylation is 3. The van der Waals surface area contributed by atoms with Gasteiger partial charge in [0, 0.05) is 39.1 Å². The van der Waals surface area contributed by atoms with Crippen LogP contribution in [0.1, 0.15) is 45.2 Å². The molecule has 0 aliphatic heterocycles. The molecule has 346 valence electrons. The number of ether oxygens (including phenoxy) is 1. The summed E-state index contributed by atoms with van der Waals surface area (Å²) in [5, 5.41) is 15.9. The molecule has 0 fully saturated rings. The van der Waals surface area contributed by atoms with E-state index in [1.807, 2.05) is 78.9 Å². The van der Waals surface area contributed by atoms with Crippen molar-refractivity contribution in [1.29, 1.82) is 0 Å². The number of hydrogen-bond donors (Lipinski definition) is 0. The Kier molecular flexibility index (Phi) is 19.0. The molecule has 0 atom stereocenters. The second kappa shape index (κ2) is 25.2. The number of fused-ring (bicyclic) bond motifs is 5. The molecule has 0 radical (unpaired) electrons. The van der Waals surface area contributed by atoms with Crippen molar-refractivity contribution in [1.82, 2.24) is 24.9 Å². The number of nitro groups is 1. The number of nitro benzene ring substituents is 1. The highest BCUT2D eigenvalue weighted by Gasteiger charge is 2.07. The van der Waals surface area contributed by atoms with Crippen LogP contribution >= 0.6 is 58.0 Å². The van der Waals surface area contributed by atoms with E-state index < -0.39 is 4.92 Å². The van der Waals surface area contributed by atoms with Gasteiger partial charge in [-0.3, -0.25) is 35.0 Å². The quantitative estimate of drug-likeness (QED) is 0.0880. The number of hydrogen-bond acceptors (Lipinski definition) is 8. The molecular formula is C54H47Cl5N6O3. The van der Waals surface area contributed by atoms with Crippen molar-refractivity contribution in [3.63, 3.8) is 0 Å². The zero-order valence-electron chi connectivity index (χ0n) is 37.8. The number of aromatic nitrogens is 5. The molecule has 0 aliphatic rings. The van der Waals surface area contributed by atoms with Gasteiger partial charge < -0.3 is 4.74 Å². The van der Waals surface area contributed by atoms with Crippen molar-refractivity contribution < 1.29 is 9.66 Å². The van der Waals surface area contributed by atoms with Crippen molar-refractivity contribution >= 4 is 118 Å². The largest absolute Gasteiger partial charge is 0.497 e. The van der Waals surface area contributed by atoms with Gasteiger partial charge in [0.15, 0.2) is 0 Å². The van der Waals surface area contributed by atoms with E-state index in [0.717, 1.165) is 72.6 Å². The highest BCUT2D eigenvalue weighted by atomic mass is 35.5. The normalized spacial score (nSPS) is 10.5. The number of rotatable bonds is 7. The number of para-hydroxylation sites is 2. The monoisotopic (exact) mass is 1000 g/mol. The molecule has 0 bridgehead atoms. The van der Waals surface area contributed by atoms with Crippen LogP contribution in [0.3, 0.4) is 0 Å². The summed E-state index contributed by atoms with van der Waals surface area (Å²) < 4.78 is 5.13. The van der Waals surface area contributed by atoms with Gasteiger partial charge in [-0.15, -0.1) is 58.0 Å². The lowest BCUT2D eigenvalue weighted by Crippen LogP contribution is -1.90. The van der Waals surface area contributed by atoms with Crippen LogP contribution in [0.5, 0.6) is 5.75 Å². The minimum atomic E-state index is -0.422. The first-order chi connectivity index (χ1) is 32.9. The lowest BCUT2D eigenvalue weighted by molar-refractivity contribution is -0.384. The maximum atomic E-state index is 10.5. The minimum absolute atomic E-state index is 0.0722. The Morgan fingerprint density at radius 1 is 0.456 bits per heavy atom. The highest BCUT2D eigenvalue weighted by Crippen LogP contribution is 2.23. The first kappa shape index (κ1) is 51.2. The molecule has 0 unspecified atom stereocenters. The molecule has 5 heterocycles. The van der Waals surface area contributed by atoms with Gasteiger partial charge in [0.1, 0.15) is 5.75 Å². The number of non-ortho nitro benzene ring substituents is 1. The van der Waals surface area contributed by atoms with Gasteiger partial charge in [0.05, 0.1) is 97.5 Å². The van der Waals surface area contributed by atoms with Crippen molar-refractivity contribution in [2.45, 2.75) is 50.2 Å². The third kappa shape index (κ3) is 13.9.